The Balaban J connectivity index is 1.68. The highest BCUT2D eigenvalue weighted by Gasteiger charge is 2.30. The molecule has 1 unspecified atom stereocenters. The Morgan fingerprint density at radius 2 is 2.10 bits per heavy atom. The van der Waals surface area contributed by atoms with Gasteiger partial charge in [-0.25, -0.2) is 0 Å². The summed E-state index contributed by atoms with van der Waals surface area (Å²) in [5, 5.41) is 0. The first-order valence-corrected chi connectivity index (χ1v) is 7.83. The summed E-state index contributed by atoms with van der Waals surface area (Å²) in [6, 6.07) is 14.1. The Morgan fingerprint density at radius 1 is 1.20 bits per heavy atom. The molecule has 4 rings (SSSR count). The number of thioether (sulfide) groups is 1. The van der Waals surface area contributed by atoms with Crippen LogP contribution in [-0.2, 0) is 6.42 Å². The molecule has 3 heteroatoms. The number of carbonyl (C=O) groups excluding carboxylic acids is 1. The van der Waals surface area contributed by atoms with Crippen molar-refractivity contribution in [2.75, 3.05) is 12.4 Å². The fourth-order valence-corrected chi connectivity index (χ4v) is 4.15. The molecular weight excluding hydrogens is 268 g/mol. The lowest BCUT2D eigenvalue weighted by molar-refractivity contribution is 0.0968. The number of fused-ring (bicyclic) bond motifs is 2. The van der Waals surface area contributed by atoms with Crippen LogP contribution in [0, 0.1) is 0 Å². The molecule has 0 bridgehead atoms. The number of benzene rings is 2. The monoisotopic (exact) mass is 282 g/mol. The second-order valence-electron chi connectivity index (χ2n) is 5.19. The van der Waals surface area contributed by atoms with Gasteiger partial charge in [0.1, 0.15) is 5.75 Å². The maximum atomic E-state index is 12.8. The van der Waals surface area contributed by atoms with Crippen molar-refractivity contribution in [1.29, 1.82) is 0 Å². The highest BCUT2D eigenvalue weighted by molar-refractivity contribution is 7.99. The minimum atomic E-state index is -0.00317. The van der Waals surface area contributed by atoms with Crippen LogP contribution < -0.4 is 4.74 Å². The Hall–Kier alpha value is -1.74. The van der Waals surface area contributed by atoms with Crippen LogP contribution in [0.5, 0.6) is 5.75 Å². The molecule has 0 aliphatic carbocycles. The number of rotatable bonds is 2. The molecule has 0 fully saturated rings. The standard InChI is InChI=1S/C17H14O2S/c18-17(12-5-6-15-11(9-12)7-8-19-15)14-10-20-16-4-2-1-3-13(14)16/h1-6,9,14H,7-8,10H2. The van der Waals surface area contributed by atoms with Crippen LogP contribution >= 0.6 is 11.8 Å². The van der Waals surface area contributed by atoms with Crippen molar-refractivity contribution in [2.45, 2.75) is 17.2 Å². The molecule has 0 saturated heterocycles. The first-order chi connectivity index (χ1) is 9.83. The Labute approximate surface area is 122 Å². The summed E-state index contributed by atoms with van der Waals surface area (Å²) >= 11 is 1.78. The highest BCUT2D eigenvalue weighted by Crippen LogP contribution is 2.41. The van der Waals surface area contributed by atoms with E-state index in [-0.39, 0.29) is 11.7 Å². The summed E-state index contributed by atoms with van der Waals surface area (Å²) < 4.78 is 5.50. The highest BCUT2D eigenvalue weighted by atomic mass is 32.2. The van der Waals surface area contributed by atoms with Crippen molar-refractivity contribution in [3.8, 4) is 5.75 Å². The second-order valence-corrected chi connectivity index (χ2v) is 6.25. The van der Waals surface area contributed by atoms with E-state index in [1.807, 2.05) is 30.3 Å². The fourth-order valence-electron chi connectivity index (χ4n) is 2.92. The Kier molecular flexibility index (Phi) is 2.81. The van der Waals surface area contributed by atoms with Gasteiger partial charge in [-0.3, -0.25) is 4.79 Å². The lowest BCUT2D eigenvalue weighted by Gasteiger charge is -2.10. The number of hydrogen-bond acceptors (Lipinski definition) is 3. The predicted octanol–water partition coefficient (Wildman–Crippen LogP) is 3.69. The minimum absolute atomic E-state index is 0.00317. The number of Topliss-reactive ketones (excluding diaryl/α,β-unsaturated/α-hetero) is 1. The van der Waals surface area contributed by atoms with Crippen molar-refractivity contribution in [3.05, 3.63) is 59.2 Å². The average Bonchev–Trinajstić information content (AvgIpc) is 3.12. The molecule has 2 heterocycles. The van der Waals surface area contributed by atoms with Crippen LogP contribution in [-0.4, -0.2) is 18.1 Å². The summed E-state index contributed by atoms with van der Waals surface area (Å²) in [6.07, 6.45) is 0.909. The average molecular weight is 282 g/mol. The van der Waals surface area contributed by atoms with Gasteiger partial charge in [0.05, 0.1) is 12.5 Å². The van der Waals surface area contributed by atoms with Gasteiger partial charge in [0.2, 0.25) is 0 Å². The summed E-state index contributed by atoms with van der Waals surface area (Å²) in [5.41, 5.74) is 3.16. The van der Waals surface area contributed by atoms with Crippen LogP contribution in [0.3, 0.4) is 0 Å². The maximum absolute atomic E-state index is 12.8. The van der Waals surface area contributed by atoms with E-state index in [1.165, 1.54) is 10.5 Å². The Morgan fingerprint density at radius 3 is 3.05 bits per heavy atom. The molecule has 0 aromatic heterocycles. The molecule has 2 aliphatic rings. The van der Waals surface area contributed by atoms with Crippen LogP contribution in [0.2, 0.25) is 0 Å². The molecule has 100 valence electrons. The molecule has 2 aromatic carbocycles. The Bertz CT molecular complexity index is 693. The number of ketones is 1. The molecule has 0 radical (unpaired) electrons. The van der Waals surface area contributed by atoms with E-state index in [0.717, 1.165) is 35.7 Å². The van der Waals surface area contributed by atoms with Gasteiger partial charge in [-0.15, -0.1) is 11.8 Å². The minimum Gasteiger partial charge on any atom is -0.493 e. The third kappa shape index (κ3) is 1.85. The van der Waals surface area contributed by atoms with Crippen LogP contribution in [0.1, 0.15) is 27.4 Å². The SMILES string of the molecule is O=C(c1ccc2c(c1)CCO2)C1CSc2ccccc21. The van der Waals surface area contributed by atoms with Crippen molar-refractivity contribution >= 4 is 17.5 Å². The van der Waals surface area contributed by atoms with E-state index in [0.29, 0.717) is 0 Å². The second kappa shape index (κ2) is 4.67. The van der Waals surface area contributed by atoms with Gasteiger partial charge < -0.3 is 4.74 Å². The normalized spacial score (nSPS) is 19.3. The largest absolute Gasteiger partial charge is 0.493 e. The molecule has 20 heavy (non-hydrogen) atoms. The number of hydrogen-bond donors (Lipinski definition) is 0. The first-order valence-electron chi connectivity index (χ1n) is 6.84. The molecule has 2 aromatic rings. The van der Waals surface area contributed by atoms with E-state index in [9.17, 15) is 4.79 Å². The molecule has 0 amide bonds. The number of ether oxygens (including phenoxy) is 1. The smallest absolute Gasteiger partial charge is 0.171 e. The molecule has 2 aliphatic heterocycles. The summed E-state index contributed by atoms with van der Waals surface area (Å²) in [7, 11) is 0. The van der Waals surface area contributed by atoms with Crippen LogP contribution in [0.4, 0.5) is 0 Å². The van der Waals surface area contributed by atoms with Crippen molar-refractivity contribution in [2.24, 2.45) is 0 Å². The lowest BCUT2D eigenvalue weighted by atomic mass is 9.91. The van der Waals surface area contributed by atoms with Gasteiger partial charge in [0, 0.05) is 22.6 Å². The fraction of sp³-hybridized carbons (Fsp3) is 0.235. The van der Waals surface area contributed by atoms with Gasteiger partial charge in [-0.2, -0.15) is 0 Å². The lowest BCUT2D eigenvalue weighted by Crippen LogP contribution is -2.12. The third-order valence-electron chi connectivity index (χ3n) is 3.99. The molecule has 0 spiro atoms. The zero-order valence-electron chi connectivity index (χ0n) is 11.0. The first kappa shape index (κ1) is 12.0. The van der Waals surface area contributed by atoms with Crippen LogP contribution in [0.25, 0.3) is 0 Å². The van der Waals surface area contributed by atoms with E-state index >= 15 is 0 Å². The molecule has 1 atom stereocenters. The van der Waals surface area contributed by atoms with Gasteiger partial charge >= 0.3 is 0 Å². The van der Waals surface area contributed by atoms with Crippen LogP contribution in [0.15, 0.2) is 47.4 Å². The topological polar surface area (TPSA) is 26.3 Å². The van der Waals surface area contributed by atoms with E-state index in [2.05, 4.69) is 12.1 Å². The summed E-state index contributed by atoms with van der Waals surface area (Å²) in [5.74, 6) is 2.02. The third-order valence-corrected chi connectivity index (χ3v) is 5.17. The molecular formula is C17H14O2S. The van der Waals surface area contributed by atoms with E-state index in [4.69, 9.17) is 4.74 Å². The van der Waals surface area contributed by atoms with E-state index in [1.54, 1.807) is 11.8 Å². The molecule has 0 saturated carbocycles. The van der Waals surface area contributed by atoms with Crippen molar-refractivity contribution in [3.63, 3.8) is 0 Å². The summed E-state index contributed by atoms with van der Waals surface area (Å²) in [4.78, 5) is 14.0. The maximum Gasteiger partial charge on any atom is 0.171 e. The van der Waals surface area contributed by atoms with Gasteiger partial charge in [-0.05, 0) is 35.4 Å². The van der Waals surface area contributed by atoms with Crippen molar-refractivity contribution < 1.29 is 9.53 Å². The predicted molar refractivity (Wildman–Crippen MR) is 79.9 cm³/mol. The zero-order chi connectivity index (χ0) is 13.5. The molecule has 0 N–H and O–H groups in total. The van der Waals surface area contributed by atoms with Gasteiger partial charge in [0.25, 0.3) is 0 Å². The summed E-state index contributed by atoms with van der Waals surface area (Å²) in [6.45, 7) is 0.731. The van der Waals surface area contributed by atoms with Gasteiger partial charge in [-0.1, -0.05) is 18.2 Å². The zero-order valence-corrected chi connectivity index (χ0v) is 11.8. The van der Waals surface area contributed by atoms with E-state index < -0.39 is 0 Å². The number of carbonyl (C=O) groups is 1. The van der Waals surface area contributed by atoms with Crippen molar-refractivity contribution in [1.82, 2.24) is 0 Å². The quantitative estimate of drug-likeness (QED) is 0.786. The van der Waals surface area contributed by atoms with Gasteiger partial charge in [0.15, 0.2) is 5.78 Å². The molecule has 2 nitrogen and oxygen atoms in total.